The van der Waals surface area contributed by atoms with Crippen LogP contribution in [0, 0.1) is 19.7 Å². The van der Waals surface area contributed by atoms with Crippen LogP contribution in [0.2, 0.25) is 0 Å². The third kappa shape index (κ3) is 3.16. The molecule has 0 saturated carbocycles. The van der Waals surface area contributed by atoms with Gasteiger partial charge in [-0.25, -0.2) is 17.8 Å². The van der Waals surface area contributed by atoms with E-state index in [4.69, 9.17) is 0 Å². The fourth-order valence-electron chi connectivity index (χ4n) is 1.57. The molecule has 1 N–H and O–H groups in total. The van der Waals surface area contributed by atoms with E-state index in [0.717, 1.165) is 11.6 Å². The molecule has 0 unspecified atom stereocenters. The van der Waals surface area contributed by atoms with Crippen LogP contribution in [0.25, 0.3) is 0 Å². The summed E-state index contributed by atoms with van der Waals surface area (Å²) in [5, 5.41) is 0. The van der Waals surface area contributed by atoms with Gasteiger partial charge >= 0.3 is 0 Å². The minimum Gasteiger partial charge on any atom is -0.278 e. The van der Waals surface area contributed by atoms with E-state index < -0.39 is 15.8 Å². The Labute approximate surface area is 125 Å². The molecule has 0 saturated heterocycles. The molecule has 2 aromatic rings. The lowest BCUT2D eigenvalue weighted by Gasteiger charge is -2.09. The highest BCUT2D eigenvalue weighted by Crippen LogP contribution is 2.21. The first kappa shape index (κ1) is 14.9. The van der Waals surface area contributed by atoms with Gasteiger partial charge < -0.3 is 0 Å². The number of nitrogens with zero attached hydrogens (tertiary/aromatic N) is 1. The maximum absolute atomic E-state index is 13.5. The molecule has 4 nitrogen and oxygen atoms in total. The van der Waals surface area contributed by atoms with E-state index in [0.29, 0.717) is 15.9 Å². The van der Waals surface area contributed by atoms with Gasteiger partial charge in [0, 0.05) is 0 Å². The highest BCUT2D eigenvalue weighted by atomic mass is 79.9. The minimum absolute atomic E-state index is 0.124. The van der Waals surface area contributed by atoms with Crippen molar-refractivity contribution in [3.63, 3.8) is 0 Å². The normalized spacial score (nSPS) is 11.4. The predicted molar refractivity (Wildman–Crippen MR) is 78.6 cm³/mol. The van der Waals surface area contributed by atoms with Crippen LogP contribution in [0.3, 0.4) is 0 Å². The van der Waals surface area contributed by atoms with Gasteiger partial charge in [-0.3, -0.25) is 4.72 Å². The second-order valence-electron chi connectivity index (χ2n) is 4.35. The third-order valence-corrected chi connectivity index (χ3v) is 4.93. The van der Waals surface area contributed by atoms with Crippen LogP contribution in [0.1, 0.15) is 11.1 Å². The van der Waals surface area contributed by atoms with Crippen LogP contribution in [-0.2, 0) is 10.0 Å². The van der Waals surface area contributed by atoms with Crippen LogP contribution in [0.4, 0.5) is 10.1 Å². The van der Waals surface area contributed by atoms with Gasteiger partial charge in [-0.15, -0.1) is 0 Å². The number of hydrogen-bond donors (Lipinski definition) is 1. The monoisotopic (exact) mass is 358 g/mol. The summed E-state index contributed by atoms with van der Waals surface area (Å²) in [4.78, 5) is 3.88. The average Bonchev–Trinajstić information content (AvgIpc) is 2.37. The van der Waals surface area contributed by atoms with Crippen molar-refractivity contribution in [2.75, 3.05) is 4.72 Å². The van der Waals surface area contributed by atoms with Crippen molar-refractivity contribution < 1.29 is 12.8 Å². The fourth-order valence-corrected chi connectivity index (χ4v) is 2.83. The molecule has 0 fully saturated rings. The zero-order chi connectivity index (χ0) is 14.9. The molecule has 1 aromatic heterocycles. The Hall–Kier alpha value is -1.47. The van der Waals surface area contributed by atoms with Crippen molar-refractivity contribution in [3.8, 4) is 0 Å². The molecular formula is C13H12BrFN2O2S. The van der Waals surface area contributed by atoms with Crippen molar-refractivity contribution in [2.24, 2.45) is 0 Å². The largest absolute Gasteiger partial charge is 0.278 e. The lowest BCUT2D eigenvalue weighted by atomic mass is 10.2. The summed E-state index contributed by atoms with van der Waals surface area (Å²) in [6.07, 6.45) is 1.39. The van der Waals surface area contributed by atoms with Crippen LogP contribution in [0.5, 0.6) is 0 Å². The minimum atomic E-state index is -3.83. The summed E-state index contributed by atoms with van der Waals surface area (Å²) >= 11 is 3.23. The van der Waals surface area contributed by atoms with Gasteiger partial charge in [0.25, 0.3) is 10.0 Å². The van der Waals surface area contributed by atoms with Crippen LogP contribution >= 0.6 is 15.9 Å². The molecular weight excluding hydrogens is 347 g/mol. The molecule has 0 aliphatic heterocycles. The number of aryl methyl sites for hydroxylation is 2. The standard InChI is InChI=1S/C13H12BrFN2O2S/c1-8-3-4-11(6-12(8)15)20(18,19)17-10-5-9(2)13(14)16-7-10/h3-7,17H,1-2H3. The third-order valence-electron chi connectivity index (χ3n) is 2.72. The summed E-state index contributed by atoms with van der Waals surface area (Å²) in [5.41, 5.74) is 1.51. The summed E-state index contributed by atoms with van der Waals surface area (Å²) in [6.45, 7) is 3.36. The number of rotatable bonds is 3. The number of sulfonamides is 1. The molecule has 0 aliphatic carbocycles. The molecule has 0 atom stereocenters. The Kier molecular flexibility index (Phi) is 4.10. The van der Waals surface area contributed by atoms with E-state index in [9.17, 15) is 12.8 Å². The van der Waals surface area contributed by atoms with Crippen LogP contribution in [-0.4, -0.2) is 13.4 Å². The highest BCUT2D eigenvalue weighted by molar-refractivity contribution is 9.10. The lowest BCUT2D eigenvalue weighted by Crippen LogP contribution is -2.13. The number of benzene rings is 1. The van der Waals surface area contributed by atoms with Gasteiger partial charge in [0.2, 0.25) is 0 Å². The maximum Gasteiger partial charge on any atom is 0.262 e. The molecule has 7 heteroatoms. The van der Waals surface area contributed by atoms with Gasteiger partial charge in [-0.05, 0) is 59.1 Å². The molecule has 0 bridgehead atoms. The zero-order valence-electron chi connectivity index (χ0n) is 10.8. The van der Waals surface area contributed by atoms with E-state index in [1.54, 1.807) is 19.9 Å². The van der Waals surface area contributed by atoms with Gasteiger partial charge in [0.1, 0.15) is 10.4 Å². The van der Waals surface area contributed by atoms with E-state index in [1.807, 2.05) is 0 Å². The molecule has 2 rings (SSSR count). The fraction of sp³-hybridized carbons (Fsp3) is 0.154. The summed E-state index contributed by atoms with van der Waals surface area (Å²) in [6, 6.07) is 5.42. The SMILES string of the molecule is Cc1ccc(S(=O)(=O)Nc2cnc(Br)c(C)c2)cc1F. The van der Waals surface area contributed by atoms with Crippen molar-refractivity contribution in [3.05, 3.63) is 52.0 Å². The van der Waals surface area contributed by atoms with Crippen molar-refractivity contribution in [1.29, 1.82) is 0 Å². The van der Waals surface area contributed by atoms with Crippen molar-refractivity contribution in [2.45, 2.75) is 18.7 Å². The highest BCUT2D eigenvalue weighted by Gasteiger charge is 2.16. The smallest absolute Gasteiger partial charge is 0.262 e. The van der Waals surface area contributed by atoms with Crippen LogP contribution in [0.15, 0.2) is 40.0 Å². The van der Waals surface area contributed by atoms with Crippen molar-refractivity contribution >= 4 is 31.6 Å². The lowest BCUT2D eigenvalue weighted by molar-refractivity contribution is 0.593. The van der Waals surface area contributed by atoms with E-state index in [1.165, 1.54) is 18.3 Å². The number of hydrogen-bond acceptors (Lipinski definition) is 3. The number of nitrogens with one attached hydrogen (secondary N) is 1. The summed E-state index contributed by atoms with van der Waals surface area (Å²) < 4.78 is 40.8. The van der Waals surface area contributed by atoms with E-state index >= 15 is 0 Å². The molecule has 0 radical (unpaired) electrons. The van der Waals surface area contributed by atoms with Gasteiger partial charge in [0.05, 0.1) is 16.8 Å². The molecule has 0 amide bonds. The van der Waals surface area contributed by atoms with Gasteiger partial charge in [-0.2, -0.15) is 0 Å². The maximum atomic E-state index is 13.5. The Morgan fingerprint density at radius 2 is 1.90 bits per heavy atom. The average molecular weight is 359 g/mol. The number of pyridine rings is 1. The second-order valence-corrected chi connectivity index (χ2v) is 6.78. The first-order chi connectivity index (χ1) is 9.29. The topological polar surface area (TPSA) is 59.1 Å². The Morgan fingerprint density at radius 1 is 1.20 bits per heavy atom. The summed E-state index contributed by atoms with van der Waals surface area (Å²) in [5.74, 6) is -0.557. The number of halogens is 2. The molecule has 0 aliphatic rings. The van der Waals surface area contributed by atoms with Gasteiger partial charge in [-0.1, -0.05) is 6.07 Å². The second kappa shape index (κ2) is 5.49. The van der Waals surface area contributed by atoms with Gasteiger partial charge in [0.15, 0.2) is 0 Å². The molecule has 1 aromatic carbocycles. The first-order valence-electron chi connectivity index (χ1n) is 5.71. The van der Waals surface area contributed by atoms with E-state index in [-0.39, 0.29) is 4.90 Å². The van der Waals surface area contributed by atoms with E-state index in [2.05, 4.69) is 25.6 Å². The predicted octanol–water partition coefficient (Wildman–Crippen LogP) is 3.40. The quantitative estimate of drug-likeness (QED) is 0.855. The number of aromatic nitrogens is 1. The Balaban J connectivity index is 2.35. The van der Waals surface area contributed by atoms with Crippen molar-refractivity contribution in [1.82, 2.24) is 4.98 Å². The summed E-state index contributed by atoms with van der Waals surface area (Å²) in [7, 11) is -3.83. The Bertz CT molecular complexity index is 763. The molecule has 1 heterocycles. The molecule has 106 valence electrons. The zero-order valence-corrected chi connectivity index (χ0v) is 13.2. The number of anilines is 1. The Morgan fingerprint density at radius 3 is 2.50 bits per heavy atom. The first-order valence-corrected chi connectivity index (χ1v) is 7.98. The van der Waals surface area contributed by atoms with Crippen LogP contribution < -0.4 is 4.72 Å². The molecule has 20 heavy (non-hydrogen) atoms. The molecule has 0 spiro atoms.